The number of nitrogens with zero attached hydrogens (tertiary/aromatic N) is 2. The van der Waals surface area contributed by atoms with E-state index in [0.29, 0.717) is 13.1 Å². The van der Waals surface area contributed by atoms with E-state index in [9.17, 15) is 4.79 Å². The quantitative estimate of drug-likeness (QED) is 0.593. The molecular formula is C24H29N3OS. The van der Waals surface area contributed by atoms with Gasteiger partial charge in [-0.15, -0.1) is 11.3 Å². The Morgan fingerprint density at radius 3 is 2.24 bits per heavy atom. The SMILES string of the molecule is Cc1ccc(-c2nc(CN(C)CC(=O)Nc3c(C)cc(C)cc3C)sc2C)cc1. The summed E-state index contributed by atoms with van der Waals surface area (Å²) in [4.78, 5) is 20.6. The molecule has 3 aromatic rings. The van der Waals surface area contributed by atoms with Gasteiger partial charge in [-0.2, -0.15) is 0 Å². The van der Waals surface area contributed by atoms with Crippen molar-refractivity contribution in [3.63, 3.8) is 0 Å². The Labute approximate surface area is 177 Å². The van der Waals surface area contributed by atoms with Gasteiger partial charge in [0.2, 0.25) is 5.91 Å². The van der Waals surface area contributed by atoms with Gasteiger partial charge >= 0.3 is 0 Å². The highest BCUT2D eigenvalue weighted by atomic mass is 32.1. The smallest absolute Gasteiger partial charge is 0.238 e. The number of thiazole rings is 1. The standard InChI is InChI=1S/C24H29N3OS/c1-15-7-9-20(10-8-15)24-19(5)29-22(26-24)14-27(6)13-21(28)25-23-17(3)11-16(2)12-18(23)4/h7-12H,13-14H2,1-6H3,(H,25,28). The molecule has 0 unspecified atom stereocenters. The number of benzene rings is 2. The normalized spacial score (nSPS) is 11.1. The van der Waals surface area contributed by atoms with Gasteiger partial charge in [0.25, 0.3) is 0 Å². The van der Waals surface area contributed by atoms with Crippen LogP contribution in [0.15, 0.2) is 36.4 Å². The molecule has 0 radical (unpaired) electrons. The number of aromatic nitrogens is 1. The molecule has 4 nitrogen and oxygen atoms in total. The molecule has 5 heteroatoms. The molecule has 0 saturated heterocycles. The lowest BCUT2D eigenvalue weighted by Crippen LogP contribution is -2.30. The number of hydrogen-bond donors (Lipinski definition) is 1. The van der Waals surface area contributed by atoms with Crippen molar-refractivity contribution in [2.24, 2.45) is 0 Å². The third-order valence-electron chi connectivity index (χ3n) is 4.93. The summed E-state index contributed by atoms with van der Waals surface area (Å²) in [6.45, 7) is 11.3. The minimum absolute atomic E-state index is 0.00501. The molecule has 0 aliphatic carbocycles. The minimum atomic E-state index is -0.00501. The molecule has 152 valence electrons. The first-order valence-electron chi connectivity index (χ1n) is 9.82. The zero-order valence-electron chi connectivity index (χ0n) is 18.1. The first kappa shape index (κ1) is 21.2. The van der Waals surface area contributed by atoms with Crippen LogP contribution in [0, 0.1) is 34.6 Å². The van der Waals surface area contributed by atoms with Gasteiger partial charge in [-0.1, -0.05) is 47.5 Å². The first-order chi connectivity index (χ1) is 13.7. The van der Waals surface area contributed by atoms with Gasteiger partial charge in [-0.05, 0) is 52.8 Å². The Morgan fingerprint density at radius 1 is 1.00 bits per heavy atom. The van der Waals surface area contributed by atoms with Crippen molar-refractivity contribution in [2.45, 2.75) is 41.2 Å². The highest BCUT2D eigenvalue weighted by molar-refractivity contribution is 7.12. The molecule has 0 aliphatic heterocycles. The highest BCUT2D eigenvalue weighted by Gasteiger charge is 2.14. The highest BCUT2D eigenvalue weighted by Crippen LogP contribution is 2.28. The molecule has 0 bridgehead atoms. The second-order valence-corrected chi connectivity index (χ2v) is 9.16. The average molecular weight is 408 g/mol. The second kappa shape index (κ2) is 8.89. The molecule has 1 amide bonds. The number of anilines is 1. The van der Waals surface area contributed by atoms with E-state index in [2.05, 4.69) is 62.5 Å². The molecule has 0 spiro atoms. The fraction of sp³-hybridized carbons (Fsp3) is 0.333. The lowest BCUT2D eigenvalue weighted by molar-refractivity contribution is -0.117. The Bertz CT molecular complexity index is 998. The van der Waals surface area contributed by atoms with E-state index >= 15 is 0 Å². The molecule has 1 aromatic heterocycles. The summed E-state index contributed by atoms with van der Waals surface area (Å²) in [5.41, 5.74) is 7.73. The number of aryl methyl sites for hydroxylation is 5. The zero-order valence-corrected chi connectivity index (χ0v) is 18.9. The van der Waals surface area contributed by atoms with E-state index in [4.69, 9.17) is 4.98 Å². The van der Waals surface area contributed by atoms with Crippen molar-refractivity contribution in [1.29, 1.82) is 0 Å². The van der Waals surface area contributed by atoms with Gasteiger partial charge in [-0.25, -0.2) is 4.98 Å². The van der Waals surface area contributed by atoms with Gasteiger partial charge in [-0.3, -0.25) is 9.69 Å². The predicted octanol–water partition coefficient (Wildman–Crippen LogP) is 5.42. The summed E-state index contributed by atoms with van der Waals surface area (Å²) in [7, 11) is 1.96. The van der Waals surface area contributed by atoms with Crippen LogP contribution in [0.3, 0.4) is 0 Å². The number of carbonyl (C=O) groups excluding carboxylic acids is 1. The fourth-order valence-electron chi connectivity index (χ4n) is 3.59. The van der Waals surface area contributed by atoms with Gasteiger partial charge < -0.3 is 5.32 Å². The maximum absolute atomic E-state index is 12.6. The van der Waals surface area contributed by atoms with Gasteiger partial charge in [0, 0.05) is 16.1 Å². The molecule has 0 fully saturated rings. The van der Waals surface area contributed by atoms with E-state index in [1.54, 1.807) is 11.3 Å². The molecule has 0 atom stereocenters. The van der Waals surface area contributed by atoms with Crippen molar-refractivity contribution in [3.05, 3.63) is 68.5 Å². The second-order valence-electron chi connectivity index (χ2n) is 7.87. The maximum atomic E-state index is 12.6. The predicted molar refractivity (Wildman–Crippen MR) is 123 cm³/mol. The van der Waals surface area contributed by atoms with Crippen LogP contribution in [0.2, 0.25) is 0 Å². The number of hydrogen-bond acceptors (Lipinski definition) is 4. The summed E-state index contributed by atoms with van der Waals surface area (Å²) in [6, 6.07) is 12.6. The topological polar surface area (TPSA) is 45.2 Å². The Balaban J connectivity index is 1.64. The van der Waals surface area contributed by atoms with E-state index in [1.807, 2.05) is 25.8 Å². The molecule has 2 aromatic carbocycles. The van der Waals surface area contributed by atoms with Gasteiger partial charge in [0.1, 0.15) is 5.01 Å². The van der Waals surface area contributed by atoms with Gasteiger partial charge in [0.15, 0.2) is 0 Å². The molecule has 3 rings (SSSR count). The largest absolute Gasteiger partial charge is 0.324 e. The number of nitrogens with one attached hydrogen (secondary N) is 1. The summed E-state index contributed by atoms with van der Waals surface area (Å²) in [5.74, 6) is -0.00501. The van der Waals surface area contributed by atoms with Crippen LogP contribution < -0.4 is 5.32 Å². The van der Waals surface area contributed by atoms with Crippen LogP contribution in [-0.4, -0.2) is 29.4 Å². The van der Waals surface area contributed by atoms with Crippen LogP contribution >= 0.6 is 11.3 Å². The minimum Gasteiger partial charge on any atom is -0.324 e. The Kier molecular flexibility index (Phi) is 6.50. The number of carbonyl (C=O) groups is 1. The van der Waals surface area contributed by atoms with Crippen molar-refractivity contribution in [3.8, 4) is 11.3 Å². The molecule has 0 saturated carbocycles. The van der Waals surface area contributed by atoms with Crippen LogP contribution in [0.25, 0.3) is 11.3 Å². The van der Waals surface area contributed by atoms with Crippen LogP contribution in [0.5, 0.6) is 0 Å². The van der Waals surface area contributed by atoms with Crippen molar-refractivity contribution in [1.82, 2.24) is 9.88 Å². The molecule has 29 heavy (non-hydrogen) atoms. The molecule has 0 aliphatic rings. The van der Waals surface area contributed by atoms with E-state index < -0.39 is 0 Å². The lowest BCUT2D eigenvalue weighted by Gasteiger charge is -2.17. The van der Waals surface area contributed by atoms with Crippen LogP contribution in [-0.2, 0) is 11.3 Å². The van der Waals surface area contributed by atoms with E-state index in [-0.39, 0.29) is 5.91 Å². The van der Waals surface area contributed by atoms with E-state index in [1.165, 1.54) is 16.0 Å². The van der Waals surface area contributed by atoms with Crippen molar-refractivity contribution in [2.75, 3.05) is 18.9 Å². The summed E-state index contributed by atoms with van der Waals surface area (Å²) >= 11 is 1.69. The summed E-state index contributed by atoms with van der Waals surface area (Å²) in [5, 5.41) is 4.10. The number of likely N-dealkylation sites (N-methyl/N-ethyl adjacent to an activating group) is 1. The van der Waals surface area contributed by atoms with Crippen LogP contribution in [0.4, 0.5) is 5.69 Å². The number of rotatable bonds is 6. The third kappa shape index (κ3) is 5.31. The molecular weight excluding hydrogens is 378 g/mol. The van der Waals surface area contributed by atoms with Gasteiger partial charge in [0.05, 0.1) is 18.8 Å². The lowest BCUT2D eigenvalue weighted by atomic mass is 10.1. The monoisotopic (exact) mass is 407 g/mol. The average Bonchev–Trinajstić information content (AvgIpc) is 2.98. The van der Waals surface area contributed by atoms with Crippen molar-refractivity contribution >= 4 is 22.9 Å². The Morgan fingerprint density at radius 2 is 1.62 bits per heavy atom. The fourth-order valence-corrected chi connectivity index (χ4v) is 4.62. The van der Waals surface area contributed by atoms with Crippen LogP contribution in [0.1, 0.15) is 32.1 Å². The first-order valence-corrected chi connectivity index (χ1v) is 10.6. The maximum Gasteiger partial charge on any atom is 0.238 e. The third-order valence-corrected chi connectivity index (χ3v) is 5.88. The summed E-state index contributed by atoms with van der Waals surface area (Å²) < 4.78 is 0. The zero-order chi connectivity index (χ0) is 21.1. The van der Waals surface area contributed by atoms with Crippen molar-refractivity contribution < 1.29 is 4.79 Å². The molecule has 1 heterocycles. The van der Waals surface area contributed by atoms with E-state index in [0.717, 1.165) is 33.1 Å². The molecule has 1 N–H and O–H groups in total. The Hall–Kier alpha value is -2.50. The number of amides is 1. The summed E-state index contributed by atoms with van der Waals surface area (Å²) in [6.07, 6.45) is 0.